The largest absolute Gasteiger partial charge is 0.324 e. The molecule has 1 aliphatic rings. The molecule has 0 fully saturated rings. The van der Waals surface area contributed by atoms with Gasteiger partial charge in [-0.25, -0.2) is 9.98 Å². The van der Waals surface area contributed by atoms with Gasteiger partial charge >= 0.3 is 0 Å². The van der Waals surface area contributed by atoms with E-state index in [0.29, 0.717) is 0 Å². The van der Waals surface area contributed by atoms with Gasteiger partial charge in [0.15, 0.2) is 6.17 Å². The molecule has 1 unspecified atom stereocenters. The molecule has 0 radical (unpaired) electrons. The third kappa shape index (κ3) is 6.79. The first kappa shape index (κ1) is 39.5. The van der Waals surface area contributed by atoms with E-state index in [4.69, 9.17) is 9.98 Å². The van der Waals surface area contributed by atoms with Gasteiger partial charge in [0.05, 0.1) is 0 Å². The smallest absolute Gasteiger partial charge is 0.169 e. The summed E-state index contributed by atoms with van der Waals surface area (Å²) in [5.41, 5.74) is 10.0. The van der Waals surface area contributed by atoms with Gasteiger partial charge in [-0.1, -0.05) is 188 Å². The Morgan fingerprint density at radius 3 is 1.51 bits per heavy atom. The minimum absolute atomic E-state index is 0.464. The van der Waals surface area contributed by atoms with Gasteiger partial charge in [-0.05, 0) is 141 Å². The van der Waals surface area contributed by atoms with Crippen molar-refractivity contribution in [2.24, 2.45) is 9.98 Å². The predicted octanol–water partition coefficient (Wildman–Crippen LogP) is 17.3. The Morgan fingerprint density at radius 1 is 0.275 bits per heavy atom. The van der Waals surface area contributed by atoms with Crippen molar-refractivity contribution < 1.29 is 0 Å². The van der Waals surface area contributed by atoms with Crippen LogP contribution in [0.3, 0.4) is 0 Å². The van der Waals surface area contributed by atoms with E-state index in [1.165, 1.54) is 96.3 Å². The summed E-state index contributed by atoms with van der Waals surface area (Å²) < 4.78 is 2.51. The average molecular weight is 896 g/mol. The fourth-order valence-electron chi connectivity index (χ4n) is 10.6. The normalized spacial score (nSPS) is 13.9. The summed E-state index contributed by atoms with van der Waals surface area (Å²) in [6, 6.07) is 86.1. The monoisotopic (exact) mass is 895 g/mol. The topological polar surface area (TPSA) is 36.8 Å². The number of amidine groups is 2. The molecular weight excluding hydrogens is 855 g/mol. The van der Waals surface area contributed by atoms with Crippen LogP contribution in [0.25, 0.3) is 107 Å². The molecule has 1 aromatic heterocycles. The second-order valence-corrected chi connectivity index (χ2v) is 19.2. The number of hydrogen-bond donors (Lipinski definition) is 1. The van der Waals surface area contributed by atoms with E-state index in [-0.39, 0.29) is 0 Å². The Kier molecular flexibility index (Phi) is 9.14. The lowest BCUT2D eigenvalue weighted by molar-refractivity contribution is 0.756. The molecule has 0 saturated heterocycles. The van der Waals surface area contributed by atoms with E-state index in [9.17, 15) is 0 Å². The molecular formula is C65H41N3S. The second-order valence-electron chi connectivity index (χ2n) is 18.1. The summed E-state index contributed by atoms with van der Waals surface area (Å²) in [4.78, 5) is 10.7. The highest BCUT2D eigenvalue weighted by Gasteiger charge is 2.23. The summed E-state index contributed by atoms with van der Waals surface area (Å²) >= 11 is 1.85. The fraction of sp³-hybridized carbons (Fsp3) is 0.0154. The highest BCUT2D eigenvalue weighted by atomic mass is 32.1. The van der Waals surface area contributed by atoms with E-state index in [1.807, 2.05) is 17.4 Å². The van der Waals surface area contributed by atoms with Gasteiger partial charge in [-0.3, -0.25) is 0 Å². The lowest BCUT2D eigenvalue weighted by atomic mass is 9.91. The number of fused-ring (bicyclic) bond motifs is 12. The minimum atomic E-state index is -0.464. The number of aliphatic imine (C=N–C) groups is 2. The molecule has 4 heteroatoms. The molecule has 12 aromatic carbocycles. The minimum Gasteiger partial charge on any atom is -0.324 e. The lowest BCUT2D eigenvalue weighted by Crippen LogP contribution is -2.36. The van der Waals surface area contributed by atoms with Crippen molar-refractivity contribution in [1.29, 1.82) is 0 Å². The van der Waals surface area contributed by atoms with Crippen LogP contribution in [0, 0.1) is 0 Å². The number of nitrogens with zero attached hydrogens (tertiary/aromatic N) is 2. The molecule has 2 heterocycles. The van der Waals surface area contributed by atoms with Crippen molar-refractivity contribution in [3.8, 4) is 33.4 Å². The number of benzene rings is 12. The van der Waals surface area contributed by atoms with Crippen molar-refractivity contribution in [3.63, 3.8) is 0 Å². The van der Waals surface area contributed by atoms with Crippen LogP contribution in [0.15, 0.2) is 247 Å². The van der Waals surface area contributed by atoms with Crippen LogP contribution in [0.5, 0.6) is 0 Å². The average Bonchev–Trinajstić information content (AvgIpc) is 3.79. The zero-order valence-corrected chi connectivity index (χ0v) is 38.2. The van der Waals surface area contributed by atoms with Crippen molar-refractivity contribution in [2.45, 2.75) is 6.17 Å². The molecule has 13 aromatic rings. The van der Waals surface area contributed by atoms with Gasteiger partial charge in [0.1, 0.15) is 11.7 Å². The summed E-state index contributed by atoms with van der Waals surface area (Å²) in [7, 11) is 0. The van der Waals surface area contributed by atoms with E-state index < -0.39 is 6.17 Å². The molecule has 1 N–H and O–H groups in total. The Labute approximate surface area is 403 Å². The Bertz CT molecular complexity index is 4280. The quantitative estimate of drug-likeness (QED) is 0.166. The number of hydrogen-bond acceptors (Lipinski definition) is 4. The number of rotatable bonds is 6. The SMILES string of the molecule is c1ccc(C2=NC(c3cccc(-c4cc(-c5ccccc5)cc(-c5ccc6c(ccc7ccccc76)c5)c4)c3)N=C(c3ccc4c(c3)sc3cc5c6ccccc6c6ccccc6c5cc34)N2)cc1. The predicted molar refractivity (Wildman–Crippen MR) is 295 cm³/mol. The first-order valence-corrected chi connectivity index (χ1v) is 24.4. The highest BCUT2D eigenvalue weighted by Crippen LogP contribution is 2.43. The van der Waals surface area contributed by atoms with E-state index in [0.717, 1.165) is 39.5 Å². The van der Waals surface area contributed by atoms with E-state index in [1.54, 1.807) is 0 Å². The molecule has 3 nitrogen and oxygen atoms in total. The third-order valence-corrected chi connectivity index (χ3v) is 15.1. The van der Waals surface area contributed by atoms with Gasteiger partial charge in [0.25, 0.3) is 0 Å². The van der Waals surface area contributed by atoms with Crippen LogP contribution in [-0.2, 0) is 0 Å². The molecule has 0 bridgehead atoms. The van der Waals surface area contributed by atoms with Crippen molar-refractivity contribution >= 4 is 97.0 Å². The summed E-state index contributed by atoms with van der Waals surface area (Å²) in [6.45, 7) is 0. The van der Waals surface area contributed by atoms with Crippen LogP contribution >= 0.6 is 11.3 Å². The standard InChI is InChI=1S/C65H41N3S/c1-3-14-40(15-4-1)48-34-49(36-50(35-48)44-28-30-52-45(32-44)27-26-41-16-7-8-21-51(41)52)43-19-13-20-46(33-43)64-66-63(42-17-5-2-6-18-42)67-65(68-64)47-29-31-57-60-38-58-55-24-11-9-22-53(55)54-23-10-12-25-56(54)59(58)39-62(60)69-61(57)37-47/h1-39,64H,(H,66,67,68). The van der Waals surface area contributed by atoms with Crippen LogP contribution in [0.2, 0.25) is 0 Å². The van der Waals surface area contributed by atoms with Gasteiger partial charge in [0.2, 0.25) is 0 Å². The number of nitrogens with one attached hydrogen (secondary N) is 1. The van der Waals surface area contributed by atoms with Crippen molar-refractivity contribution in [1.82, 2.24) is 5.32 Å². The maximum atomic E-state index is 5.41. The van der Waals surface area contributed by atoms with Gasteiger partial charge in [-0.15, -0.1) is 11.3 Å². The lowest BCUT2D eigenvalue weighted by Gasteiger charge is -2.23. The van der Waals surface area contributed by atoms with Gasteiger partial charge < -0.3 is 5.32 Å². The maximum absolute atomic E-state index is 5.41. The molecule has 0 aliphatic carbocycles. The zero-order chi connectivity index (χ0) is 45.4. The molecule has 0 amide bonds. The van der Waals surface area contributed by atoms with Crippen LogP contribution in [-0.4, -0.2) is 11.7 Å². The second kappa shape index (κ2) is 16.0. The fourth-order valence-corrected chi connectivity index (χ4v) is 11.8. The molecule has 322 valence electrons. The van der Waals surface area contributed by atoms with E-state index >= 15 is 0 Å². The first-order valence-electron chi connectivity index (χ1n) is 23.6. The highest BCUT2D eigenvalue weighted by molar-refractivity contribution is 7.26. The van der Waals surface area contributed by atoms with Gasteiger partial charge in [-0.2, -0.15) is 0 Å². The maximum Gasteiger partial charge on any atom is 0.169 e. The van der Waals surface area contributed by atoms with Crippen LogP contribution in [0.1, 0.15) is 22.9 Å². The molecule has 0 saturated carbocycles. The Morgan fingerprint density at radius 2 is 0.783 bits per heavy atom. The van der Waals surface area contributed by atoms with Crippen LogP contribution in [0.4, 0.5) is 0 Å². The Hall–Kier alpha value is -8.70. The third-order valence-electron chi connectivity index (χ3n) is 14.0. The number of thiophene rings is 1. The van der Waals surface area contributed by atoms with Crippen LogP contribution < -0.4 is 5.32 Å². The Balaban J connectivity index is 0.877. The molecule has 0 spiro atoms. The van der Waals surface area contributed by atoms with Gasteiger partial charge in [0, 0.05) is 31.3 Å². The zero-order valence-electron chi connectivity index (χ0n) is 37.4. The molecule has 1 atom stereocenters. The first-order chi connectivity index (χ1) is 34.1. The molecule has 69 heavy (non-hydrogen) atoms. The van der Waals surface area contributed by atoms with Crippen molar-refractivity contribution in [3.05, 3.63) is 253 Å². The molecule has 1 aliphatic heterocycles. The molecule has 14 rings (SSSR count). The summed E-state index contributed by atoms with van der Waals surface area (Å²) in [5, 5.41) is 19.0. The summed E-state index contributed by atoms with van der Waals surface area (Å²) in [5.74, 6) is 1.60. The summed E-state index contributed by atoms with van der Waals surface area (Å²) in [6.07, 6.45) is -0.464. The van der Waals surface area contributed by atoms with Crippen molar-refractivity contribution in [2.75, 3.05) is 0 Å². The van der Waals surface area contributed by atoms with E-state index in [2.05, 4.69) is 236 Å².